The molecular weight excluding hydrogens is 348 g/mol. The Morgan fingerprint density at radius 1 is 1.21 bits per heavy atom. The van der Waals surface area contributed by atoms with Crippen molar-refractivity contribution in [1.82, 2.24) is 9.03 Å². The highest BCUT2D eigenvalue weighted by atomic mass is 32.2. The molecule has 1 heterocycles. The Hall–Kier alpha value is -0.960. The number of nitrogens with zero attached hydrogens (tertiary/aromatic N) is 1. The molecular formula is C16H24N2O4S2. The van der Waals surface area contributed by atoms with Crippen molar-refractivity contribution < 1.29 is 16.8 Å². The average molecular weight is 373 g/mol. The van der Waals surface area contributed by atoms with Gasteiger partial charge in [0, 0.05) is 19.1 Å². The molecule has 24 heavy (non-hydrogen) atoms. The summed E-state index contributed by atoms with van der Waals surface area (Å²) in [7, 11) is -7.00. The molecule has 0 unspecified atom stereocenters. The molecule has 134 valence electrons. The molecule has 1 aromatic rings. The number of fused-ring (bicyclic) bond motifs is 1. The fraction of sp³-hybridized carbons (Fsp3) is 0.625. The van der Waals surface area contributed by atoms with E-state index in [2.05, 4.69) is 4.72 Å². The molecule has 1 aromatic carbocycles. The molecule has 1 fully saturated rings. The lowest BCUT2D eigenvalue weighted by molar-refractivity contribution is 0.382. The zero-order valence-corrected chi connectivity index (χ0v) is 15.4. The van der Waals surface area contributed by atoms with Gasteiger partial charge in [0.15, 0.2) is 0 Å². The first-order valence-electron chi connectivity index (χ1n) is 8.42. The van der Waals surface area contributed by atoms with E-state index in [0.717, 1.165) is 12.8 Å². The van der Waals surface area contributed by atoms with Gasteiger partial charge in [0.2, 0.25) is 20.0 Å². The summed E-state index contributed by atoms with van der Waals surface area (Å²) in [6, 6.07) is 6.24. The minimum Gasteiger partial charge on any atom is -0.212 e. The molecule has 0 radical (unpaired) electrons. The molecule has 0 bridgehead atoms. The molecule has 1 N–H and O–H groups in total. The zero-order chi connectivity index (χ0) is 17.4. The average Bonchev–Trinajstić information content (AvgIpc) is 3.33. The Labute approximate surface area is 144 Å². The van der Waals surface area contributed by atoms with E-state index in [0.29, 0.717) is 37.4 Å². The summed E-state index contributed by atoms with van der Waals surface area (Å²) < 4.78 is 54.5. The second-order valence-electron chi connectivity index (χ2n) is 6.62. The van der Waals surface area contributed by atoms with Gasteiger partial charge in [0.1, 0.15) is 0 Å². The smallest absolute Gasteiger partial charge is 0.212 e. The van der Waals surface area contributed by atoms with Crippen LogP contribution in [0, 0.1) is 5.92 Å². The van der Waals surface area contributed by atoms with E-state index in [1.807, 2.05) is 6.92 Å². The van der Waals surface area contributed by atoms with Crippen molar-refractivity contribution in [3.63, 3.8) is 0 Å². The van der Waals surface area contributed by atoms with E-state index < -0.39 is 26.1 Å². The summed E-state index contributed by atoms with van der Waals surface area (Å²) in [6.45, 7) is 2.68. The summed E-state index contributed by atoms with van der Waals surface area (Å²) in [5, 5.41) is 0. The lowest BCUT2D eigenvalue weighted by Crippen LogP contribution is -2.34. The van der Waals surface area contributed by atoms with Crippen molar-refractivity contribution in [1.29, 1.82) is 0 Å². The summed E-state index contributed by atoms with van der Waals surface area (Å²) in [6.07, 6.45) is 3.11. The molecule has 6 nitrogen and oxygen atoms in total. The van der Waals surface area contributed by atoms with Crippen LogP contribution in [0.3, 0.4) is 0 Å². The second-order valence-corrected chi connectivity index (χ2v) is 10.4. The summed E-state index contributed by atoms with van der Waals surface area (Å²) in [4.78, 5) is 0.229. The molecule has 0 spiro atoms. The molecule has 1 aliphatic heterocycles. The third kappa shape index (κ3) is 3.82. The minimum absolute atomic E-state index is 0.0458. The Balaban J connectivity index is 1.96. The third-order valence-corrected chi connectivity index (χ3v) is 8.06. The quantitative estimate of drug-likeness (QED) is 0.826. The van der Waals surface area contributed by atoms with E-state index >= 15 is 0 Å². The van der Waals surface area contributed by atoms with Crippen LogP contribution in [0.25, 0.3) is 0 Å². The molecule has 1 atom stereocenters. The molecule has 0 saturated heterocycles. The fourth-order valence-electron chi connectivity index (χ4n) is 3.14. The van der Waals surface area contributed by atoms with Gasteiger partial charge in [-0.05, 0) is 43.2 Å². The van der Waals surface area contributed by atoms with Crippen LogP contribution in [0.1, 0.15) is 44.2 Å². The molecule has 3 rings (SSSR count). The van der Waals surface area contributed by atoms with Gasteiger partial charge in [-0.25, -0.2) is 21.6 Å². The maximum absolute atomic E-state index is 13.0. The predicted octanol–water partition coefficient (Wildman–Crippen LogP) is 1.86. The van der Waals surface area contributed by atoms with Gasteiger partial charge in [-0.15, -0.1) is 0 Å². The van der Waals surface area contributed by atoms with Gasteiger partial charge in [-0.1, -0.05) is 25.1 Å². The first-order chi connectivity index (χ1) is 11.3. The van der Waals surface area contributed by atoms with Gasteiger partial charge in [0.25, 0.3) is 0 Å². The summed E-state index contributed by atoms with van der Waals surface area (Å²) in [5.41, 5.74) is 0.551. The van der Waals surface area contributed by atoms with E-state index in [9.17, 15) is 16.8 Å². The molecule has 1 saturated carbocycles. The Morgan fingerprint density at radius 3 is 2.58 bits per heavy atom. The van der Waals surface area contributed by atoms with Gasteiger partial charge >= 0.3 is 0 Å². The van der Waals surface area contributed by atoms with Crippen LogP contribution in [-0.2, 0) is 20.0 Å². The lowest BCUT2D eigenvalue weighted by atomic mass is 10.0. The number of nitrogens with one attached hydrogen (secondary N) is 1. The van der Waals surface area contributed by atoms with Crippen LogP contribution >= 0.6 is 0 Å². The number of rotatable bonds is 6. The van der Waals surface area contributed by atoms with Crippen LogP contribution in [-0.4, -0.2) is 40.0 Å². The van der Waals surface area contributed by atoms with Crippen LogP contribution < -0.4 is 4.72 Å². The van der Waals surface area contributed by atoms with Crippen molar-refractivity contribution in [2.75, 3.05) is 18.8 Å². The molecule has 8 heteroatoms. The van der Waals surface area contributed by atoms with Gasteiger partial charge in [-0.3, -0.25) is 0 Å². The minimum atomic E-state index is -3.58. The first kappa shape index (κ1) is 17.8. The van der Waals surface area contributed by atoms with Crippen molar-refractivity contribution in [3.05, 3.63) is 29.8 Å². The predicted molar refractivity (Wildman–Crippen MR) is 92.5 cm³/mol. The molecule has 1 aliphatic carbocycles. The van der Waals surface area contributed by atoms with Crippen LogP contribution in [0.5, 0.6) is 0 Å². The SMILES string of the molecule is CCCS(=O)(=O)N[C@@H]1CCN(CC2CC2)S(=O)(=O)c2ccccc21. The maximum Gasteiger partial charge on any atom is 0.243 e. The third-order valence-electron chi connectivity index (χ3n) is 4.53. The highest BCUT2D eigenvalue weighted by Gasteiger charge is 2.37. The molecule has 0 amide bonds. The monoisotopic (exact) mass is 372 g/mol. The van der Waals surface area contributed by atoms with E-state index in [4.69, 9.17) is 0 Å². The number of sulfonamides is 2. The Bertz CT molecular complexity index is 801. The largest absolute Gasteiger partial charge is 0.243 e. The van der Waals surface area contributed by atoms with Crippen molar-refractivity contribution in [3.8, 4) is 0 Å². The van der Waals surface area contributed by atoms with Crippen LogP contribution in [0.2, 0.25) is 0 Å². The molecule has 2 aliphatic rings. The normalized spacial score (nSPS) is 24.3. The van der Waals surface area contributed by atoms with Gasteiger partial charge < -0.3 is 0 Å². The van der Waals surface area contributed by atoms with Crippen molar-refractivity contribution in [2.24, 2.45) is 5.92 Å². The summed E-state index contributed by atoms with van der Waals surface area (Å²) >= 11 is 0. The van der Waals surface area contributed by atoms with Crippen molar-refractivity contribution >= 4 is 20.0 Å². The first-order valence-corrected chi connectivity index (χ1v) is 11.5. The van der Waals surface area contributed by atoms with Crippen LogP contribution in [0.4, 0.5) is 0 Å². The standard InChI is InChI=1S/C16H24N2O4S2/c1-2-11-23(19,20)17-15-9-10-18(12-13-7-8-13)24(21,22)16-6-4-3-5-14(15)16/h3-6,13,15,17H,2,7-12H2,1H3/t15-/m1/s1. The van der Waals surface area contributed by atoms with Crippen molar-refractivity contribution in [2.45, 2.75) is 43.5 Å². The highest BCUT2D eigenvalue weighted by Crippen LogP contribution is 2.36. The van der Waals surface area contributed by atoms with Crippen LogP contribution in [0.15, 0.2) is 29.2 Å². The number of hydrogen-bond donors (Lipinski definition) is 1. The summed E-state index contributed by atoms with van der Waals surface area (Å²) in [5.74, 6) is 0.491. The Morgan fingerprint density at radius 2 is 1.92 bits per heavy atom. The van der Waals surface area contributed by atoms with E-state index in [1.165, 1.54) is 4.31 Å². The van der Waals surface area contributed by atoms with E-state index in [1.54, 1.807) is 24.3 Å². The Kier molecular flexibility index (Phi) is 5.01. The maximum atomic E-state index is 13.0. The zero-order valence-electron chi connectivity index (χ0n) is 13.8. The van der Waals surface area contributed by atoms with Gasteiger partial charge in [0.05, 0.1) is 10.6 Å². The number of benzene rings is 1. The molecule has 0 aromatic heterocycles. The second kappa shape index (κ2) is 6.74. The van der Waals surface area contributed by atoms with E-state index in [-0.39, 0.29) is 10.6 Å². The topological polar surface area (TPSA) is 83.6 Å². The highest BCUT2D eigenvalue weighted by molar-refractivity contribution is 7.89. The fourth-order valence-corrected chi connectivity index (χ4v) is 6.26. The van der Waals surface area contributed by atoms with Gasteiger partial charge in [-0.2, -0.15) is 4.31 Å². The lowest BCUT2D eigenvalue weighted by Gasteiger charge is -2.20. The number of hydrogen-bond acceptors (Lipinski definition) is 4.